The lowest BCUT2D eigenvalue weighted by atomic mass is 9.69. The van der Waals surface area contributed by atoms with E-state index in [1.165, 1.54) is 23.8 Å². The average Bonchev–Trinajstić information content (AvgIpc) is 2.96. The van der Waals surface area contributed by atoms with E-state index in [0.29, 0.717) is 0 Å². The maximum absolute atomic E-state index is 11.8. The summed E-state index contributed by atoms with van der Waals surface area (Å²) in [5.74, 6) is 8.14. The van der Waals surface area contributed by atoms with Crippen LogP contribution >= 0.6 is 11.8 Å². The fraction of sp³-hybridized carbons (Fsp3) is 0.417. The molecule has 3 nitrogen and oxygen atoms in total. The Kier molecular flexibility index (Phi) is 11.1. The Morgan fingerprint density at radius 1 is 1.10 bits per heavy atom. The van der Waals surface area contributed by atoms with E-state index in [1.54, 1.807) is 0 Å². The molecule has 2 aromatic rings. The first-order valence-corrected chi connectivity index (χ1v) is 15.4. The van der Waals surface area contributed by atoms with E-state index in [2.05, 4.69) is 82.5 Å². The summed E-state index contributed by atoms with van der Waals surface area (Å²) in [5, 5.41) is 10.8. The normalized spacial score (nSPS) is 15.7. The number of rotatable bonds is 9. The molecule has 0 unspecified atom stereocenters. The van der Waals surface area contributed by atoms with E-state index < -0.39 is 5.60 Å². The lowest BCUT2D eigenvalue weighted by molar-refractivity contribution is -0.139. The molecule has 0 aliphatic carbocycles. The zero-order valence-electron chi connectivity index (χ0n) is 25.0. The minimum atomic E-state index is -0.863. The van der Waals surface area contributed by atoms with E-state index in [1.807, 2.05) is 36.9 Å². The fourth-order valence-electron chi connectivity index (χ4n) is 5.56. The summed E-state index contributed by atoms with van der Waals surface area (Å²) < 4.78 is 4.85. The van der Waals surface area contributed by atoms with E-state index in [4.69, 9.17) is 4.74 Å². The van der Waals surface area contributed by atoms with Gasteiger partial charge < -0.3 is 9.84 Å². The fourth-order valence-corrected chi connectivity index (χ4v) is 6.73. The SMILES string of the molecule is C=C/C(=C\C(=C/C)CC(=O)OC)c1ccc(C(CC)(CC)c2ccc(C#CC3(O)CCSCC3)c(C)c2)cc1C. The predicted octanol–water partition coefficient (Wildman–Crippen LogP) is 8.10. The van der Waals surface area contributed by atoms with E-state index in [9.17, 15) is 9.90 Å². The third-order valence-corrected chi connectivity index (χ3v) is 9.32. The number of ether oxygens (including phenoxy) is 1. The van der Waals surface area contributed by atoms with Gasteiger partial charge in [-0.05, 0) is 103 Å². The molecule has 0 spiro atoms. The molecule has 212 valence electrons. The molecule has 0 radical (unpaired) electrons. The second-order valence-corrected chi connectivity index (χ2v) is 11.9. The zero-order chi connectivity index (χ0) is 29.3. The predicted molar refractivity (Wildman–Crippen MR) is 171 cm³/mol. The Hall–Kier alpha value is -3.00. The van der Waals surface area contributed by atoms with Crippen LogP contribution in [-0.2, 0) is 14.9 Å². The van der Waals surface area contributed by atoms with Gasteiger partial charge in [-0.2, -0.15) is 11.8 Å². The molecule has 1 N–H and O–H groups in total. The first kappa shape index (κ1) is 31.5. The van der Waals surface area contributed by atoms with E-state index >= 15 is 0 Å². The van der Waals surface area contributed by atoms with Crippen molar-refractivity contribution >= 4 is 23.3 Å². The summed E-state index contributed by atoms with van der Waals surface area (Å²) in [6.07, 6.45) is 9.44. The number of allylic oxidation sites excluding steroid dienone is 4. The lowest BCUT2D eigenvalue weighted by Gasteiger charge is -2.34. The molecule has 3 rings (SSSR count). The van der Waals surface area contributed by atoms with Gasteiger partial charge in [0.1, 0.15) is 5.60 Å². The van der Waals surface area contributed by atoms with Crippen molar-refractivity contribution in [2.45, 2.75) is 77.7 Å². The minimum Gasteiger partial charge on any atom is -0.469 e. The molecular weight excluding hydrogens is 512 g/mol. The molecule has 1 saturated heterocycles. The van der Waals surface area contributed by atoms with Gasteiger partial charge in [0.05, 0.1) is 13.5 Å². The first-order valence-electron chi connectivity index (χ1n) is 14.3. The van der Waals surface area contributed by atoms with Gasteiger partial charge in [-0.25, -0.2) is 0 Å². The van der Waals surface area contributed by atoms with Gasteiger partial charge in [0.2, 0.25) is 0 Å². The van der Waals surface area contributed by atoms with Crippen LogP contribution in [0.1, 0.15) is 86.3 Å². The van der Waals surface area contributed by atoms with E-state index in [0.717, 1.165) is 65.0 Å². The van der Waals surface area contributed by atoms with Crippen LogP contribution in [0.4, 0.5) is 0 Å². The number of aryl methyl sites for hydroxylation is 2. The minimum absolute atomic E-state index is 0.129. The Morgan fingerprint density at radius 3 is 2.25 bits per heavy atom. The molecule has 40 heavy (non-hydrogen) atoms. The maximum atomic E-state index is 11.8. The number of carbonyl (C=O) groups is 1. The molecule has 0 amide bonds. The van der Waals surface area contributed by atoms with Gasteiger partial charge in [-0.3, -0.25) is 4.79 Å². The molecule has 1 aliphatic rings. The Morgan fingerprint density at radius 2 is 1.73 bits per heavy atom. The van der Waals surface area contributed by atoms with Gasteiger partial charge in [-0.1, -0.05) is 80.8 Å². The number of esters is 1. The second-order valence-electron chi connectivity index (χ2n) is 10.7. The highest BCUT2D eigenvalue weighted by Gasteiger charge is 2.32. The quantitative estimate of drug-likeness (QED) is 0.193. The summed E-state index contributed by atoms with van der Waals surface area (Å²) >= 11 is 1.89. The van der Waals surface area contributed by atoms with Crippen molar-refractivity contribution in [2.75, 3.05) is 18.6 Å². The second kappa shape index (κ2) is 14.1. The van der Waals surface area contributed by atoms with Crippen molar-refractivity contribution in [1.29, 1.82) is 0 Å². The summed E-state index contributed by atoms with van der Waals surface area (Å²) in [6, 6.07) is 13.3. The summed E-state index contributed by atoms with van der Waals surface area (Å²) in [5.41, 5.74) is 7.85. The van der Waals surface area contributed by atoms with Gasteiger partial charge in [-0.15, -0.1) is 0 Å². The summed E-state index contributed by atoms with van der Waals surface area (Å²) in [6.45, 7) is 14.7. The van der Waals surface area contributed by atoms with Crippen molar-refractivity contribution in [3.05, 3.63) is 100 Å². The molecule has 1 heterocycles. The van der Waals surface area contributed by atoms with Crippen LogP contribution < -0.4 is 0 Å². The molecule has 0 atom stereocenters. The molecule has 0 saturated carbocycles. The molecule has 2 aromatic carbocycles. The summed E-state index contributed by atoms with van der Waals surface area (Å²) in [4.78, 5) is 11.8. The third-order valence-electron chi connectivity index (χ3n) is 8.33. The molecule has 0 bridgehead atoms. The van der Waals surface area contributed by atoms with Crippen LogP contribution in [-0.4, -0.2) is 35.3 Å². The van der Waals surface area contributed by atoms with Gasteiger partial charge >= 0.3 is 5.97 Å². The number of hydrogen-bond donors (Lipinski definition) is 1. The Balaban J connectivity index is 1.97. The van der Waals surface area contributed by atoms with Crippen LogP contribution in [0.15, 0.2) is 66.8 Å². The lowest BCUT2D eigenvalue weighted by Crippen LogP contribution is -2.31. The van der Waals surface area contributed by atoms with Crippen molar-refractivity contribution in [2.24, 2.45) is 0 Å². The highest BCUT2D eigenvalue weighted by atomic mass is 32.2. The topological polar surface area (TPSA) is 46.5 Å². The Labute approximate surface area is 245 Å². The van der Waals surface area contributed by atoms with Crippen LogP contribution in [0.25, 0.3) is 5.57 Å². The highest BCUT2D eigenvalue weighted by molar-refractivity contribution is 7.99. The highest BCUT2D eigenvalue weighted by Crippen LogP contribution is 2.41. The summed E-state index contributed by atoms with van der Waals surface area (Å²) in [7, 11) is 1.41. The number of benzene rings is 2. The standard InChI is InChI=1S/C36H44O3S/c1-8-28(25-34(37)39-7)24-29(9-2)33-15-14-32(23-27(33)6)36(10-3,11-4)31-13-12-30(26(5)22-31)16-17-35(38)18-20-40-21-19-35/h8-9,12-15,22-24,38H,2,10-11,18-21,25H2,1,3-7H3/b28-8+,29-24+. The first-order chi connectivity index (χ1) is 19.1. The monoisotopic (exact) mass is 556 g/mol. The van der Waals surface area contributed by atoms with Crippen molar-refractivity contribution in [1.82, 2.24) is 0 Å². The maximum Gasteiger partial charge on any atom is 0.309 e. The van der Waals surface area contributed by atoms with Gasteiger partial charge in [0.25, 0.3) is 0 Å². The third kappa shape index (κ3) is 7.19. The largest absolute Gasteiger partial charge is 0.469 e. The van der Waals surface area contributed by atoms with Gasteiger partial charge in [0, 0.05) is 11.0 Å². The molecular formula is C36H44O3S. The molecule has 1 fully saturated rings. The number of aliphatic hydroxyl groups is 1. The number of methoxy groups -OCH3 is 1. The van der Waals surface area contributed by atoms with Crippen LogP contribution in [0.3, 0.4) is 0 Å². The molecule has 0 aromatic heterocycles. The smallest absolute Gasteiger partial charge is 0.309 e. The van der Waals surface area contributed by atoms with Gasteiger partial charge in [0.15, 0.2) is 0 Å². The van der Waals surface area contributed by atoms with Crippen LogP contribution in [0, 0.1) is 25.7 Å². The number of thioether (sulfide) groups is 1. The van der Waals surface area contributed by atoms with E-state index in [-0.39, 0.29) is 17.8 Å². The average molecular weight is 557 g/mol. The van der Waals surface area contributed by atoms with Crippen LogP contribution in [0.2, 0.25) is 0 Å². The van der Waals surface area contributed by atoms with Crippen LogP contribution in [0.5, 0.6) is 0 Å². The zero-order valence-corrected chi connectivity index (χ0v) is 25.8. The number of hydrogen-bond acceptors (Lipinski definition) is 4. The molecule has 1 aliphatic heterocycles. The molecule has 4 heteroatoms. The van der Waals surface area contributed by atoms with Crippen molar-refractivity contribution in [3.63, 3.8) is 0 Å². The number of carbonyl (C=O) groups excluding carboxylic acids is 1. The van der Waals surface area contributed by atoms with Crippen molar-refractivity contribution < 1.29 is 14.6 Å². The van der Waals surface area contributed by atoms with Crippen molar-refractivity contribution in [3.8, 4) is 11.8 Å². The Bertz CT molecular complexity index is 1340.